The van der Waals surface area contributed by atoms with E-state index in [2.05, 4.69) is 5.10 Å². The summed E-state index contributed by atoms with van der Waals surface area (Å²) >= 11 is 0. The first-order valence-electron chi connectivity index (χ1n) is 11.8. The van der Waals surface area contributed by atoms with E-state index in [0.717, 1.165) is 17.2 Å². The molecule has 3 atom stereocenters. The van der Waals surface area contributed by atoms with Crippen LogP contribution in [0.4, 0.5) is 23.4 Å². The fraction of sp³-hybridized carbons (Fsp3) is 0.370. The molecule has 1 aromatic heterocycles. The van der Waals surface area contributed by atoms with Gasteiger partial charge < -0.3 is 0 Å². The molecule has 1 aliphatic heterocycles. The molecule has 9 heteroatoms. The summed E-state index contributed by atoms with van der Waals surface area (Å²) < 4.78 is 55.8. The van der Waals surface area contributed by atoms with Crippen molar-refractivity contribution in [2.45, 2.75) is 52.3 Å². The van der Waals surface area contributed by atoms with E-state index in [9.17, 15) is 27.2 Å². The standard InChI is InChI=1S/C27H27F4N3O2/c1-5-33-25-23(16(3)32-34(25)17(4)27(29,30)31)24(18-9-11-20(28)12-10-18)21(26(33)36)14-22(35)19-8-6-7-15(2)13-19/h6-13,17,21,24H,5,14H2,1-4H3/t17?,21-,24+/m0/s1. The van der Waals surface area contributed by atoms with Gasteiger partial charge in [-0.05, 0) is 51.5 Å². The summed E-state index contributed by atoms with van der Waals surface area (Å²) in [5, 5.41) is 4.21. The number of hydrogen-bond donors (Lipinski definition) is 0. The minimum absolute atomic E-state index is 0.0680. The molecule has 1 unspecified atom stereocenters. The molecule has 0 bridgehead atoms. The maximum absolute atomic E-state index is 13.8. The number of amides is 1. The van der Waals surface area contributed by atoms with Gasteiger partial charge in [-0.3, -0.25) is 14.5 Å². The lowest BCUT2D eigenvalue weighted by atomic mass is 9.74. The third-order valence-electron chi connectivity index (χ3n) is 6.79. The van der Waals surface area contributed by atoms with Crippen LogP contribution in [0.3, 0.4) is 0 Å². The van der Waals surface area contributed by atoms with Gasteiger partial charge in [-0.15, -0.1) is 0 Å². The van der Waals surface area contributed by atoms with Crippen molar-refractivity contribution in [3.63, 3.8) is 0 Å². The number of Topliss-reactive ketones (excluding diaryl/α,β-unsaturated/α-hetero) is 1. The van der Waals surface area contributed by atoms with Crippen LogP contribution < -0.4 is 4.90 Å². The Morgan fingerprint density at radius 2 is 1.78 bits per heavy atom. The van der Waals surface area contributed by atoms with E-state index in [-0.39, 0.29) is 24.6 Å². The molecule has 0 aliphatic carbocycles. The second-order valence-corrected chi connectivity index (χ2v) is 9.20. The molecule has 2 aromatic carbocycles. The Balaban J connectivity index is 1.90. The molecule has 0 saturated heterocycles. The number of benzene rings is 2. The second kappa shape index (κ2) is 9.52. The molecule has 190 valence electrons. The number of nitrogens with zero attached hydrogens (tertiary/aromatic N) is 3. The Morgan fingerprint density at radius 3 is 2.36 bits per heavy atom. The van der Waals surface area contributed by atoms with E-state index in [1.54, 1.807) is 32.0 Å². The molecular formula is C27H27F4N3O2. The van der Waals surface area contributed by atoms with Crippen LogP contribution in [0, 0.1) is 25.6 Å². The summed E-state index contributed by atoms with van der Waals surface area (Å²) in [5.41, 5.74) is 2.65. The second-order valence-electron chi connectivity index (χ2n) is 9.20. The Morgan fingerprint density at radius 1 is 1.11 bits per heavy atom. The summed E-state index contributed by atoms with van der Waals surface area (Å²) in [6.07, 6.45) is -4.74. The Bertz CT molecular complexity index is 1300. The van der Waals surface area contributed by atoms with Gasteiger partial charge in [0.1, 0.15) is 17.7 Å². The number of fused-ring (bicyclic) bond motifs is 1. The van der Waals surface area contributed by atoms with Crippen LogP contribution in [0.1, 0.15) is 65.0 Å². The van der Waals surface area contributed by atoms with Crippen LogP contribution in [-0.4, -0.2) is 34.2 Å². The quantitative estimate of drug-likeness (QED) is 0.301. The van der Waals surface area contributed by atoms with Gasteiger partial charge >= 0.3 is 6.18 Å². The molecule has 5 nitrogen and oxygen atoms in total. The first kappa shape index (κ1) is 25.6. The predicted octanol–water partition coefficient (Wildman–Crippen LogP) is 6.15. The highest BCUT2D eigenvalue weighted by atomic mass is 19.4. The van der Waals surface area contributed by atoms with Crippen LogP contribution in [-0.2, 0) is 4.79 Å². The van der Waals surface area contributed by atoms with Crippen molar-refractivity contribution in [1.82, 2.24) is 9.78 Å². The average Bonchev–Trinajstić information content (AvgIpc) is 3.15. The number of alkyl halides is 3. The van der Waals surface area contributed by atoms with Crippen LogP contribution in [0.2, 0.25) is 0 Å². The molecule has 2 heterocycles. The first-order valence-corrected chi connectivity index (χ1v) is 11.8. The zero-order valence-electron chi connectivity index (χ0n) is 20.4. The maximum atomic E-state index is 13.8. The van der Waals surface area contributed by atoms with Crippen molar-refractivity contribution >= 4 is 17.5 Å². The summed E-state index contributed by atoms with van der Waals surface area (Å²) in [4.78, 5) is 28.4. The summed E-state index contributed by atoms with van der Waals surface area (Å²) in [7, 11) is 0. The maximum Gasteiger partial charge on any atom is 0.410 e. The van der Waals surface area contributed by atoms with Crippen LogP contribution >= 0.6 is 0 Å². The van der Waals surface area contributed by atoms with Gasteiger partial charge in [0.15, 0.2) is 5.78 Å². The number of anilines is 1. The minimum atomic E-state index is -4.59. The highest BCUT2D eigenvalue weighted by molar-refractivity contribution is 6.04. The number of aromatic nitrogens is 2. The van der Waals surface area contributed by atoms with Gasteiger partial charge in [0.05, 0.1) is 11.6 Å². The van der Waals surface area contributed by atoms with E-state index in [1.165, 1.54) is 29.2 Å². The normalized spacial score (nSPS) is 18.8. The van der Waals surface area contributed by atoms with Crippen molar-refractivity contribution in [2.24, 2.45) is 5.92 Å². The van der Waals surface area contributed by atoms with Gasteiger partial charge in [0, 0.05) is 30.0 Å². The third kappa shape index (κ3) is 4.54. The molecule has 1 aliphatic rings. The van der Waals surface area contributed by atoms with Gasteiger partial charge in [-0.2, -0.15) is 18.3 Å². The fourth-order valence-corrected chi connectivity index (χ4v) is 4.95. The number of carbonyl (C=O) groups excluding carboxylic acids is 2. The topological polar surface area (TPSA) is 55.2 Å². The molecule has 0 spiro atoms. The number of ketones is 1. The number of carbonyl (C=O) groups is 2. The van der Waals surface area contributed by atoms with Crippen LogP contribution in [0.15, 0.2) is 48.5 Å². The van der Waals surface area contributed by atoms with E-state index >= 15 is 0 Å². The third-order valence-corrected chi connectivity index (χ3v) is 6.79. The van der Waals surface area contributed by atoms with E-state index in [4.69, 9.17) is 0 Å². The number of rotatable bonds is 6. The minimum Gasteiger partial charge on any atom is -0.297 e. The molecule has 0 N–H and O–H groups in total. The zero-order valence-corrected chi connectivity index (χ0v) is 20.4. The van der Waals surface area contributed by atoms with Crippen molar-refractivity contribution < 1.29 is 27.2 Å². The zero-order chi connectivity index (χ0) is 26.4. The smallest absolute Gasteiger partial charge is 0.297 e. The Kier molecular flexibility index (Phi) is 6.77. The molecule has 1 amide bonds. The lowest BCUT2D eigenvalue weighted by Gasteiger charge is -2.38. The van der Waals surface area contributed by atoms with Gasteiger partial charge in [-0.1, -0.05) is 35.9 Å². The van der Waals surface area contributed by atoms with Crippen molar-refractivity contribution in [1.29, 1.82) is 0 Å². The summed E-state index contributed by atoms with van der Waals surface area (Å²) in [6, 6.07) is 10.5. The number of halogens is 4. The van der Waals surface area contributed by atoms with Gasteiger partial charge in [0.2, 0.25) is 5.91 Å². The van der Waals surface area contributed by atoms with Gasteiger partial charge in [0.25, 0.3) is 0 Å². The first-order chi connectivity index (χ1) is 16.9. The Labute approximate surface area is 206 Å². The Hall–Kier alpha value is -3.49. The van der Waals surface area contributed by atoms with E-state index < -0.39 is 35.8 Å². The lowest BCUT2D eigenvalue weighted by molar-refractivity contribution is -0.165. The molecule has 4 rings (SSSR count). The largest absolute Gasteiger partial charge is 0.410 e. The van der Waals surface area contributed by atoms with E-state index in [1.807, 2.05) is 13.0 Å². The van der Waals surface area contributed by atoms with Crippen molar-refractivity contribution in [2.75, 3.05) is 11.4 Å². The lowest BCUT2D eigenvalue weighted by Crippen LogP contribution is -2.46. The van der Waals surface area contributed by atoms with E-state index in [0.29, 0.717) is 22.4 Å². The number of aryl methyl sites for hydroxylation is 2. The van der Waals surface area contributed by atoms with Gasteiger partial charge in [-0.25, -0.2) is 9.07 Å². The molecule has 0 radical (unpaired) electrons. The van der Waals surface area contributed by atoms with Crippen LogP contribution in [0.25, 0.3) is 0 Å². The summed E-state index contributed by atoms with van der Waals surface area (Å²) in [5.74, 6) is -2.79. The molecule has 0 fully saturated rings. The van der Waals surface area contributed by atoms with Crippen LogP contribution in [0.5, 0.6) is 0 Å². The summed E-state index contributed by atoms with van der Waals surface area (Å²) in [6.45, 7) is 6.22. The molecule has 36 heavy (non-hydrogen) atoms. The highest BCUT2D eigenvalue weighted by Crippen LogP contribution is 2.48. The molecule has 0 saturated carbocycles. The number of hydrogen-bond acceptors (Lipinski definition) is 3. The van der Waals surface area contributed by atoms with Crippen molar-refractivity contribution in [3.8, 4) is 0 Å². The molecule has 3 aromatic rings. The SMILES string of the molecule is CCN1C(=O)[C@@H](CC(=O)c2cccc(C)c2)[C@@H](c2ccc(F)cc2)c2c(C)nn(C(C)C(F)(F)F)c21. The average molecular weight is 502 g/mol. The predicted molar refractivity (Wildman–Crippen MR) is 128 cm³/mol. The molecular weight excluding hydrogens is 474 g/mol. The monoisotopic (exact) mass is 501 g/mol. The van der Waals surface area contributed by atoms with Crippen molar-refractivity contribution in [3.05, 3.63) is 82.3 Å². The fourth-order valence-electron chi connectivity index (χ4n) is 4.95. The highest BCUT2D eigenvalue weighted by Gasteiger charge is 2.48.